The third kappa shape index (κ3) is 6.59. The molecule has 0 aliphatic rings. The van der Waals surface area contributed by atoms with Crippen molar-refractivity contribution in [2.24, 2.45) is 16.2 Å². The van der Waals surface area contributed by atoms with Crippen LogP contribution in [0.5, 0.6) is 0 Å². The van der Waals surface area contributed by atoms with E-state index in [4.69, 9.17) is 9.47 Å². The molecule has 1 aromatic carbocycles. The molecule has 0 aliphatic heterocycles. The highest BCUT2D eigenvalue weighted by Crippen LogP contribution is 2.48. The average Bonchev–Trinajstić information content (AvgIpc) is 2.52. The highest BCUT2D eigenvalue weighted by molar-refractivity contribution is 14.1. The number of rotatable bonds is 5. The molecule has 0 heterocycles. The van der Waals surface area contributed by atoms with Crippen molar-refractivity contribution in [3.05, 3.63) is 26.8 Å². The largest absolute Gasteiger partial charge is 0.461 e. The number of hydrogen-bond acceptors (Lipinski definition) is 4. The molecule has 1 amide bonds. The van der Waals surface area contributed by atoms with Gasteiger partial charge in [-0.1, -0.05) is 55.4 Å². The molecule has 0 radical (unpaired) electrons. The molecule has 0 saturated heterocycles. The van der Waals surface area contributed by atoms with Gasteiger partial charge in [-0.05, 0) is 58.0 Å². The van der Waals surface area contributed by atoms with Crippen LogP contribution in [0.15, 0.2) is 12.1 Å². The summed E-state index contributed by atoms with van der Waals surface area (Å²) in [6.07, 6.45) is -0.773. The molecule has 1 atom stereocenters. The van der Waals surface area contributed by atoms with Gasteiger partial charge in [0.15, 0.2) is 0 Å². The van der Waals surface area contributed by atoms with E-state index in [9.17, 15) is 9.59 Å². The van der Waals surface area contributed by atoms with Gasteiger partial charge in [0.1, 0.15) is 12.7 Å². The van der Waals surface area contributed by atoms with E-state index in [1.54, 1.807) is 0 Å². The molecule has 6 heteroatoms. The molecule has 0 bridgehead atoms. The second kappa shape index (κ2) is 9.23. The van der Waals surface area contributed by atoms with Crippen LogP contribution in [-0.4, -0.2) is 18.2 Å². The van der Waals surface area contributed by atoms with Gasteiger partial charge in [-0.15, -0.1) is 0 Å². The molecule has 0 aromatic heterocycles. The lowest BCUT2D eigenvalue weighted by Gasteiger charge is -2.49. The van der Waals surface area contributed by atoms with Crippen LogP contribution in [0.2, 0.25) is 0 Å². The summed E-state index contributed by atoms with van der Waals surface area (Å²) in [4.78, 5) is 24.0. The summed E-state index contributed by atoms with van der Waals surface area (Å²) in [5.41, 5.74) is 1.86. The maximum Gasteiger partial charge on any atom is 0.411 e. The summed E-state index contributed by atoms with van der Waals surface area (Å²) in [5.74, 6) is -0.338. The minimum absolute atomic E-state index is 0.0544. The highest BCUT2D eigenvalue weighted by Gasteiger charge is 2.47. The van der Waals surface area contributed by atoms with E-state index in [1.807, 2.05) is 19.1 Å². The lowest BCUT2D eigenvalue weighted by Crippen LogP contribution is -2.50. The first-order valence-electron chi connectivity index (χ1n) is 9.87. The summed E-state index contributed by atoms with van der Waals surface area (Å²) in [5, 5.41) is 2.89. The van der Waals surface area contributed by atoms with Crippen molar-refractivity contribution in [3.63, 3.8) is 0 Å². The summed E-state index contributed by atoms with van der Waals surface area (Å²) in [7, 11) is 0. The number of hydrogen-bond donors (Lipinski definition) is 1. The SMILES string of the molecule is CC(=O)OCc1c(I)ccc(NC(=O)OC(C(C)(C)C)C(C)(C)C(C)(C)C)c1C. The van der Waals surface area contributed by atoms with Gasteiger partial charge in [0, 0.05) is 27.2 Å². The van der Waals surface area contributed by atoms with Crippen molar-refractivity contribution in [2.75, 3.05) is 5.32 Å². The van der Waals surface area contributed by atoms with Gasteiger partial charge in [-0.2, -0.15) is 0 Å². The minimum atomic E-state index is -0.481. The Morgan fingerprint density at radius 1 is 1.07 bits per heavy atom. The number of amides is 1. The van der Waals surface area contributed by atoms with Gasteiger partial charge in [-0.25, -0.2) is 4.79 Å². The van der Waals surface area contributed by atoms with Crippen LogP contribution in [-0.2, 0) is 20.9 Å². The Kier molecular flexibility index (Phi) is 8.19. The number of carbonyl (C=O) groups excluding carboxylic acids is 2. The third-order valence-electron chi connectivity index (χ3n) is 5.80. The van der Waals surface area contributed by atoms with Crippen LogP contribution in [0, 0.1) is 26.7 Å². The smallest absolute Gasteiger partial charge is 0.411 e. The normalized spacial score (nSPS) is 13.6. The third-order valence-corrected chi connectivity index (χ3v) is 6.81. The number of carbonyl (C=O) groups is 2. The topological polar surface area (TPSA) is 64.6 Å². The molecular weight excluding hydrogens is 481 g/mol. The summed E-state index contributed by atoms with van der Waals surface area (Å²) in [6, 6.07) is 3.74. The van der Waals surface area contributed by atoms with Gasteiger partial charge in [-0.3, -0.25) is 10.1 Å². The van der Waals surface area contributed by atoms with Gasteiger partial charge in [0.25, 0.3) is 0 Å². The van der Waals surface area contributed by atoms with E-state index in [1.165, 1.54) is 6.92 Å². The Morgan fingerprint density at radius 2 is 1.62 bits per heavy atom. The first-order chi connectivity index (χ1) is 13.0. The molecule has 0 aliphatic carbocycles. The van der Waals surface area contributed by atoms with Gasteiger partial charge >= 0.3 is 12.1 Å². The molecular formula is C23H36INO4. The van der Waals surface area contributed by atoms with Crippen molar-refractivity contribution in [2.45, 2.75) is 81.9 Å². The molecule has 1 N–H and O–H groups in total. The molecule has 1 rings (SSSR count). The maximum atomic E-state index is 12.8. The van der Waals surface area contributed by atoms with Crippen LogP contribution < -0.4 is 5.32 Å². The van der Waals surface area contributed by atoms with Gasteiger partial charge in [0.05, 0.1) is 0 Å². The Bertz CT molecular complexity index is 757. The van der Waals surface area contributed by atoms with Gasteiger partial charge in [0.2, 0.25) is 0 Å². The van der Waals surface area contributed by atoms with Gasteiger partial charge < -0.3 is 9.47 Å². The Labute approximate surface area is 189 Å². The van der Waals surface area contributed by atoms with E-state index in [-0.39, 0.29) is 34.9 Å². The van der Waals surface area contributed by atoms with E-state index in [0.29, 0.717) is 5.69 Å². The van der Waals surface area contributed by atoms with E-state index >= 15 is 0 Å². The fraction of sp³-hybridized carbons (Fsp3) is 0.652. The number of halogens is 1. The summed E-state index contributed by atoms with van der Waals surface area (Å²) < 4.78 is 12.1. The minimum Gasteiger partial charge on any atom is -0.461 e. The number of benzene rings is 1. The van der Waals surface area contributed by atoms with E-state index in [2.05, 4.69) is 83.3 Å². The van der Waals surface area contributed by atoms with Crippen LogP contribution in [0.25, 0.3) is 0 Å². The Morgan fingerprint density at radius 3 is 2.07 bits per heavy atom. The zero-order valence-electron chi connectivity index (χ0n) is 19.5. The number of nitrogens with one attached hydrogen (secondary N) is 1. The molecule has 0 saturated carbocycles. The van der Waals surface area contributed by atoms with Crippen LogP contribution in [0.3, 0.4) is 0 Å². The zero-order valence-corrected chi connectivity index (χ0v) is 21.6. The predicted molar refractivity (Wildman–Crippen MR) is 126 cm³/mol. The van der Waals surface area contributed by atoms with E-state index in [0.717, 1.165) is 14.7 Å². The zero-order chi connectivity index (χ0) is 22.8. The lowest BCUT2D eigenvalue weighted by atomic mass is 9.60. The van der Waals surface area contributed by atoms with Crippen LogP contribution >= 0.6 is 22.6 Å². The Balaban J connectivity index is 3.11. The molecule has 1 aromatic rings. The summed E-state index contributed by atoms with van der Waals surface area (Å²) in [6.45, 7) is 20.5. The van der Waals surface area contributed by atoms with Crippen molar-refractivity contribution in [1.82, 2.24) is 0 Å². The first kappa shape index (κ1) is 25.7. The van der Waals surface area contributed by atoms with Crippen LogP contribution in [0.4, 0.5) is 10.5 Å². The van der Waals surface area contributed by atoms with Crippen LogP contribution in [0.1, 0.15) is 73.4 Å². The van der Waals surface area contributed by atoms with Crippen molar-refractivity contribution in [3.8, 4) is 0 Å². The second-order valence-corrected chi connectivity index (χ2v) is 11.4. The number of esters is 1. The standard InChI is InChI=1S/C23H36INO4/c1-14-16(13-28-15(2)26)17(24)11-12-18(14)25-20(27)29-19(21(3,4)5)23(9,10)22(6,7)8/h11-12,19H,13H2,1-10H3,(H,25,27). The number of ether oxygens (including phenoxy) is 2. The predicted octanol–water partition coefficient (Wildman–Crippen LogP) is 6.70. The van der Waals surface area contributed by atoms with E-state index < -0.39 is 6.09 Å². The molecule has 0 fully saturated rings. The lowest BCUT2D eigenvalue weighted by molar-refractivity contribution is -0.142. The summed E-state index contributed by atoms with van der Waals surface area (Å²) >= 11 is 2.20. The molecule has 29 heavy (non-hydrogen) atoms. The second-order valence-electron chi connectivity index (χ2n) is 10.2. The quantitative estimate of drug-likeness (QED) is 0.349. The van der Waals surface area contributed by atoms with Crippen molar-refractivity contribution < 1.29 is 19.1 Å². The van der Waals surface area contributed by atoms with Crippen molar-refractivity contribution >= 4 is 40.3 Å². The fourth-order valence-corrected chi connectivity index (χ4v) is 4.00. The first-order valence-corrected chi connectivity index (χ1v) is 11.0. The highest BCUT2D eigenvalue weighted by atomic mass is 127. The number of anilines is 1. The molecule has 1 unspecified atom stereocenters. The fourth-order valence-electron chi connectivity index (χ4n) is 3.26. The monoisotopic (exact) mass is 517 g/mol. The molecule has 164 valence electrons. The average molecular weight is 517 g/mol. The Hall–Kier alpha value is -1.31. The molecule has 0 spiro atoms. The molecule has 5 nitrogen and oxygen atoms in total. The maximum absolute atomic E-state index is 12.8. The van der Waals surface area contributed by atoms with Crippen molar-refractivity contribution in [1.29, 1.82) is 0 Å².